The first kappa shape index (κ1) is 81.3. The van der Waals surface area contributed by atoms with Gasteiger partial charge in [-0.15, -0.1) is 16.7 Å². The summed E-state index contributed by atoms with van der Waals surface area (Å²) in [6, 6.07) is 8.62. The van der Waals surface area contributed by atoms with Crippen molar-refractivity contribution in [2.45, 2.75) is 148 Å². The first-order valence-electron chi connectivity index (χ1n) is 29.8. The SMILES string of the molecule is CCC/C(=N/OCC)C1=C(O)CC(CC(C)SCC)CC1=O.CCOC(=O)C(Cl)Cc1cc(-n2nc(C)n(C(F)F)c2=O)c(F)cc1Cl.CCOC(=O)C1=NN(c2ccc(Cl)cc2Cl)C(C)(C(=O)OCC)C1.Cc1[nH]n(C)c(=O)c1C(=O)c1ccc(C(F)(F)F)cc1S(C)(=O)=O. The molecule has 2 aromatic heterocycles. The van der Waals surface area contributed by atoms with Crippen LogP contribution in [0.15, 0.2) is 84.6 Å². The molecule has 1 aliphatic heterocycles. The Bertz CT molecular complexity index is 3990. The maximum absolute atomic E-state index is 14.2. The van der Waals surface area contributed by atoms with Crippen LogP contribution in [0.2, 0.25) is 15.1 Å². The van der Waals surface area contributed by atoms with Gasteiger partial charge < -0.3 is 24.2 Å². The zero-order chi connectivity index (χ0) is 72.5. The molecule has 3 heterocycles. The van der Waals surface area contributed by atoms with E-state index in [-0.39, 0.29) is 93.8 Å². The minimum atomic E-state index is -4.76. The highest BCUT2D eigenvalue weighted by Gasteiger charge is 2.50. The van der Waals surface area contributed by atoms with Gasteiger partial charge >= 0.3 is 36.3 Å². The van der Waals surface area contributed by atoms with Crippen molar-refractivity contribution in [2.24, 2.45) is 23.2 Å². The standard InChI is InChI=1S/C17H29NO3S.C16H18Cl2N2O4.C15H14Cl2F3N3O3.C14H13F3N2O4S/c1-5-8-14(18-21-6-2)17-15(19)10-13(11-16(17)20)9-12(4)22-7-3;1-4-23-14(21)12-9-16(3,15(22)24-5-2)20(19-12)13-7-6-10(17)8-11(13)18;1-3-26-13(24)10(17)4-8-5-12(11(18)6-9(8)16)23-15(25)22(14(19)20)7(2)21-23;1-7-11(13(21)19(2)18-7)12(20)9-5-4-8(14(15,16)17)6-10(9)24(3,22)23/h12-13,19H,5-11H2,1-4H3;6-8H,4-5,9H2,1-3H3;5-6,10,14H,3-4H2,1-2H3;4-6,18H,1-3H3/b18-14-;;;. The van der Waals surface area contributed by atoms with Gasteiger partial charge in [-0.3, -0.25) is 29.0 Å². The number of alkyl halides is 6. The zero-order valence-electron chi connectivity index (χ0n) is 54.4. The number of benzene rings is 3. The second-order valence-electron chi connectivity index (χ2n) is 21.6. The molecular formula is C62H74Cl4F6N8O14S2. The van der Waals surface area contributed by atoms with Crippen molar-refractivity contribution in [3.05, 3.63) is 135 Å². The first-order valence-corrected chi connectivity index (χ1v) is 34.3. The number of carbonyl (C=O) groups is 5. The summed E-state index contributed by atoms with van der Waals surface area (Å²) in [6.07, 6.45) is -0.565. The van der Waals surface area contributed by atoms with E-state index in [2.05, 4.69) is 34.3 Å². The van der Waals surface area contributed by atoms with Crippen LogP contribution in [0.25, 0.3) is 5.69 Å². The van der Waals surface area contributed by atoms with Crippen molar-refractivity contribution in [2.75, 3.05) is 43.4 Å². The molecule has 0 amide bonds. The molecule has 0 saturated carbocycles. The number of esters is 3. The molecule has 2 N–H and O–H groups in total. The lowest BCUT2D eigenvalue weighted by atomic mass is 9.82. The summed E-state index contributed by atoms with van der Waals surface area (Å²) >= 11 is 26.0. The number of aliphatic hydroxyl groups excluding tert-OH is 1. The third kappa shape index (κ3) is 21.0. The van der Waals surface area contributed by atoms with Crippen LogP contribution < -0.4 is 16.3 Å². The van der Waals surface area contributed by atoms with Gasteiger partial charge in [0.2, 0.25) is 5.78 Å². The number of halogens is 10. The monoisotopic (exact) mass is 1470 g/mol. The van der Waals surface area contributed by atoms with E-state index in [4.69, 9.17) is 65.5 Å². The van der Waals surface area contributed by atoms with Crippen LogP contribution in [0.5, 0.6) is 0 Å². The maximum Gasteiger partial charge on any atom is 0.416 e. The lowest BCUT2D eigenvalue weighted by molar-refractivity contribution is -0.148. The van der Waals surface area contributed by atoms with Gasteiger partial charge in [-0.05, 0) is 127 Å². The molecule has 0 spiro atoms. The zero-order valence-corrected chi connectivity index (χ0v) is 59.1. The average Bonchev–Trinajstić information content (AvgIpc) is 1.58. The summed E-state index contributed by atoms with van der Waals surface area (Å²) in [5, 5.41) is 26.5. The highest BCUT2D eigenvalue weighted by molar-refractivity contribution is 7.99. The number of nitrogens with zero attached hydrogens (tertiary/aromatic N) is 7. The predicted octanol–water partition coefficient (Wildman–Crippen LogP) is 12.9. The number of H-pyrrole nitrogens is 1. The molecule has 96 heavy (non-hydrogen) atoms. The Kier molecular flexibility index (Phi) is 30.4. The van der Waals surface area contributed by atoms with Crippen molar-refractivity contribution < 1.29 is 82.9 Å². The molecule has 0 bridgehead atoms. The van der Waals surface area contributed by atoms with E-state index in [1.807, 2.05) is 25.6 Å². The molecule has 0 fully saturated rings. The fourth-order valence-corrected chi connectivity index (χ4v) is 12.7. The van der Waals surface area contributed by atoms with Gasteiger partial charge in [-0.25, -0.2) is 36.8 Å². The van der Waals surface area contributed by atoms with E-state index >= 15 is 0 Å². The predicted molar refractivity (Wildman–Crippen MR) is 354 cm³/mol. The van der Waals surface area contributed by atoms with Crippen molar-refractivity contribution in [3.63, 3.8) is 0 Å². The van der Waals surface area contributed by atoms with Crippen LogP contribution in [-0.4, -0.2) is 133 Å². The molecule has 528 valence electrons. The number of Topliss-reactive ketones (excluding diaryl/α,β-unsaturated/α-hetero) is 1. The van der Waals surface area contributed by atoms with Crippen molar-refractivity contribution in [1.29, 1.82) is 0 Å². The van der Waals surface area contributed by atoms with Crippen molar-refractivity contribution in [1.82, 2.24) is 24.1 Å². The van der Waals surface area contributed by atoms with Crippen molar-refractivity contribution >= 4 is 115 Å². The van der Waals surface area contributed by atoms with Gasteiger partial charge in [0.05, 0.1) is 52.3 Å². The molecule has 0 saturated heterocycles. The summed E-state index contributed by atoms with van der Waals surface area (Å²) in [4.78, 5) is 89.6. The first-order chi connectivity index (χ1) is 44.9. The molecule has 4 unspecified atom stereocenters. The highest BCUT2D eigenvalue weighted by Crippen LogP contribution is 2.40. The van der Waals surface area contributed by atoms with Gasteiger partial charge in [0.25, 0.3) is 5.56 Å². The molecule has 3 aromatic carbocycles. The fourth-order valence-electron chi connectivity index (χ4n) is 9.85. The Morgan fingerprint density at radius 1 is 0.896 bits per heavy atom. The number of rotatable bonds is 23. The van der Waals surface area contributed by atoms with E-state index in [1.165, 1.54) is 25.9 Å². The van der Waals surface area contributed by atoms with Gasteiger partial charge in [0.1, 0.15) is 40.5 Å². The smallest absolute Gasteiger partial charge is 0.416 e. The number of sulfone groups is 1. The number of aryl methyl sites for hydroxylation is 3. The van der Waals surface area contributed by atoms with Crippen LogP contribution in [0, 0.1) is 25.6 Å². The summed E-state index contributed by atoms with van der Waals surface area (Å²) in [6.45, 7) is 15.4. The maximum atomic E-state index is 14.2. The molecular weight excluding hydrogens is 1400 g/mol. The number of ketones is 2. The Hall–Kier alpha value is -7.12. The van der Waals surface area contributed by atoms with Gasteiger partial charge in [-0.1, -0.05) is 67.2 Å². The topological polar surface area (TPSA) is 282 Å². The quantitative estimate of drug-likeness (QED) is 0.0117. The summed E-state index contributed by atoms with van der Waals surface area (Å²) in [7, 11) is -2.77. The van der Waals surface area contributed by atoms with Gasteiger partial charge in [-0.2, -0.15) is 43.5 Å². The molecule has 0 radical (unpaired) electrons. The number of aromatic amines is 1. The highest BCUT2D eigenvalue weighted by atomic mass is 35.5. The van der Waals surface area contributed by atoms with Gasteiger partial charge in [0.15, 0.2) is 27.0 Å². The Labute approximate surface area is 574 Å². The number of allylic oxidation sites excluding steroid dienone is 2. The molecule has 2 aliphatic rings. The number of aliphatic hydroxyl groups is 1. The largest absolute Gasteiger partial charge is 0.511 e. The van der Waals surface area contributed by atoms with Crippen LogP contribution in [0.4, 0.5) is 32.0 Å². The molecule has 1 aliphatic carbocycles. The summed E-state index contributed by atoms with van der Waals surface area (Å²) in [5.41, 5.74) is -3.48. The Balaban J connectivity index is 0.000000273. The van der Waals surface area contributed by atoms with E-state index in [1.54, 1.807) is 45.9 Å². The molecule has 22 nitrogen and oxygen atoms in total. The number of nitrogens with one attached hydrogen (secondary N) is 1. The number of oxime groups is 1. The molecule has 4 atom stereocenters. The number of thioether (sulfide) groups is 1. The molecule has 34 heteroatoms. The average molecular weight is 1480 g/mol. The number of anilines is 1. The van der Waals surface area contributed by atoms with Crippen molar-refractivity contribution in [3.8, 4) is 5.69 Å². The number of hydrogen-bond donors (Lipinski definition) is 2. The number of carbonyl (C=O) groups excluding carboxylic acids is 5. The molecule has 7 rings (SSSR count). The Morgan fingerprint density at radius 3 is 2.06 bits per heavy atom. The second-order valence-corrected chi connectivity index (χ2v) is 27.0. The Morgan fingerprint density at radius 2 is 1.54 bits per heavy atom. The molecule has 5 aromatic rings. The van der Waals surface area contributed by atoms with Crippen LogP contribution >= 0.6 is 58.2 Å². The second kappa shape index (κ2) is 35.9. The van der Waals surface area contributed by atoms with Gasteiger partial charge in [0, 0.05) is 65.5 Å². The van der Waals surface area contributed by atoms with Crippen LogP contribution in [0.1, 0.15) is 139 Å². The number of ether oxygens (including phenoxy) is 3. The van der Waals surface area contributed by atoms with E-state index in [0.29, 0.717) is 81.2 Å². The van der Waals surface area contributed by atoms with Crippen LogP contribution in [0.3, 0.4) is 0 Å². The number of hydrazone groups is 1. The lowest BCUT2D eigenvalue weighted by Gasteiger charge is -2.32. The minimum Gasteiger partial charge on any atom is -0.511 e. The van der Waals surface area contributed by atoms with E-state index < -0.39 is 90.3 Å². The minimum absolute atomic E-state index is 0.00866. The normalized spacial score (nSPS) is 16.3. The number of aromatic nitrogens is 5. The van der Waals surface area contributed by atoms with E-state index in [9.17, 15) is 73.4 Å². The third-order valence-corrected chi connectivity index (χ3v) is 17.6. The van der Waals surface area contributed by atoms with E-state index in [0.717, 1.165) is 41.5 Å². The number of hydrogen-bond acceptors (Lipinski definition) is 19. The lowest BCUT2D eigenvalue weighted by Crippen LogP contribution is -2.48. The third-order valence-electron chi connectivity index (χ3n) is 14.2. The summed E-state index contributed by atoms with van der Waals surface area (Å²) in [5.74, 6) is -2.42. The van der Waals surface area contributed by atoms with Crippen LogP contribution in [-0.2, 0) is 67.7 Å². The fraction of sp³-hybridized carbons (Fsp3) is 0.484. The summed E-state index contributed by atoms with van der Waals surface area (Å²) < 4.78 is 119.